The van der Waals surface area contributed by atoms with Gasteiger partial charge in [-0.3, -0.25) is 9.59 Å². The number of carbonyl (C=O) groups is 2. The van der Waals surface area contributed by atoms with Gasteiger partial charge >= 0.3 is 0 Å². The van der Waals surface area contributed by atoms with Crippen molar-refractivity contribution in [3.63, 3.8) is 0 Å². The summed E-state index contributed by atoms with van der Waals surface area (Å²) >= 11 is 1.31. The molecule has 0 unspecified atom stereocenters. The molecule has 0 radical (unpaired) electrons. The number of amides is 2. The van der Waals surface area contributed by atoms with Crippen LogP contribution in [0.25, 0.3) is 10.6 Å². The van der Waals surface area contributed by atoms with Gasteiger partial charge in [-0.1, -0.05) is 0 Å². The molecular weight excluding hydrogens is 317 g/mol. The zero-order valence-electron chi connectivity index (χ0n) is 12.3. The molecule has 1 saturated heterocycles. The van der Waals surface area contributed by atoms with Crippen LogP contribution in [0, 0.1) is 5.82 Å². The van der Waals surface area contributed by atoms with Crippen LogP contribution in [0.1, 0.15) is 29.8 Å². The van der Waals surface area contributed by atoms with Gasteiger partial charge in [-0.15, -0.1) is 11.3 Å². The van der Waals surface area contributed by atoms with Crippen molar-refractivity contribution in [3.8, 4) is 10.6 Å². The third kappa shape index (κ3) is 3.73. The molecule has 120 valence electrons. The molecule has 0 saturated carbocycles. The van der Waals surface area contributed by atoms with E-state index in [4.69, 9.17) is 0 Å². The second-order valence-corrected chi connectivity index (χ2v) is 6.22. The quantitative estimate of drug-likeness (QED) is 0.906. The van der Waals surface area contributed by atoms with Crippen molar-refractivity contribution in [1.82, 2.24) is 15.6 Å². The largest absolute Gasteiger partial charge is 0.354 e. The van der Waals surface area contributed by atoms with Crippen LogP contribution in [-0.2, 0) is 4.79 Å². The number of benzene rings is 1. The van der Waals surface area contributed by atoms with Crippen molar-refractivity contribution in [1.29, 1.82) is 0 Å². The summed E-state index contributed by atoms with van der Waals surface area (Å²) in [6.07, 6.45) is 2.44. The van der Waals surface area contributed by atoms with Crippen molar-refractivity contribution in [2.45, 2.75) is 25.3 Å². The number of halogens is 1. The van der Waals surface area contributed by atoms with Gasteiger partial charge < -0.3 is 10.6 Å². The Morgan fingerprint density at radius 2 is 2.09 bits per heavy atom. The maximum atomic E-state index is 12.9. The SMILES string of the molecule is O=C(N[C@H]1CCCCNC1=O)c1csc(-c2ccc(F)cc2)n1. The summed E-state index contributed by atoms with van der Waals surface area (Å²) in [5.74, 6) is -0.829. The Kier molecular flexibility index (Phi) is 4.66. The number of thiazole rings is 1. The van der Waals surface area contributed by atoms with Crippen molar-refractivity contribution in [2.24, 2.45) is 0 Å². The summed E-state index contributed by atoms with van der Waals surface area (Å²) in [7, 11) is 0. The standard InChI is InChI=1S/C16H16FN3O2S/c17-11-6-4-10(5-7-11)16-20-13(9-23-16)15(22)19-12-3-1-2-8-18-14(12)21/h4-7,9,12H,1-3,8H2,(H,18,21)(H,19,22)/t12-/m0/s1. The average molecular weight is 333 g/mol. The van der Waals surface area contributed by atoms with E-state index in [-0.39, 0.29) is 23.3 Å². The number of nitrogens with one attached hydrogen (secondary N) is 2. The minimum Gasteiger partial charge on any atom is -0.354 e. The summed E-state index contributed by atoms with van der Waals surface area (Å²) in [6, 6.07) is 5.43. The molecule has 3 rings (SSSR count). The third-order valence-corrected chi connectivity index (χ3v) is 4.56. The molecule has 1 aromatic heterocycles. The molecule has 2 N–H and O–H groups in total. The smallest absolute Gasteiger partial charge is 0.271 e. The molecule has 23 heavy (non-hydrogen) atoms. The van der Waals surface area contributed by atoms with E-state index >= 15 is 0 Å². The fraction of sp³-hybridized carbons (Fsp3) is 0.312. The predicted octanol–water partition coefficient (Wildman–Crippen LogP) is 2.35. The number of carbonyl (C=O) groups excluding carboxylic acids is 2. The first-order chi connectivity index (χ1) is 11.1. The normalized spacial score (nSPS) is 18.1. The summed E-state index contributed by atoms with van der Waals surface area (Å²) in [5.41, 5.74) is 1.02. The van der Waals surface area contributed by atoms with Gasteiger partial charge in [-0.25, -0.2) is 9.37 Å². The molecule has 1 fully saturated rings. The van der Waals surface area contributed by atoms with Gasteiger partial charge in [0.25, 0.3) is 5.91 Å². The number of hydrogen-bond acceptors (Lipinski definition) is 4. The maximum Gasteiger partial charge on any atom is 0.271 e. The molecule has 2 aromatic rings. The van der Waals surface area contributed by atoms with Crippen LogP contribution in [0.15, 0.2) is 29.6 Å². The molecule has 2 amide bonds. The summed E-state index contributed by atoms with van der Waals surface area (Å²) in [6.45, 7) is 0.649. The van der Waals surface area contributed by atoms with E-state index < -0.39 is 6.04 Å². The molecule has 7 heteroatoms. The van der Waals surface area contributed by atoms with E-state index in [1.165, 1.54) is 23.5 Å². The van der Waals surface area contributed by atoms with Gasteiger partial charge in [0.1, 0.15) is 22.6 Å². The van der Waals surface area contributed by atoms with Crippen LogP contribution in [0.2, 0.25) is 0 Å². The van der Waals surface area contributed by atoms with E-state index in [9.17, 15) is 14.0 Å². The van der Waals surface area contributed by atoms with E-state index in [0.717, 1.165) is 18.4 Å². The van der Waals surface area contributed by atoms with Gasteiger partial charge in [-0.05, 0) is 43.5 Å². The molecule has 2 heterocycles. The van der Waals surface area contributed by atoms with Gasteiger partial charge in [0.2, 0.25) is 5.91 Å². The Morgan fingerprint density at radius 3 is 2.87 bits per heavy atom. The number of hydrogen-bond donors (Lipinski definition) is 2. The second-order valence-electron chi connectivity index (χ2n) is 5.36. The molecular formula is C16H16FN3O2S. The molecule has 5 nitrogen and oxygen atoms in total. The zero-order chi connectivity index (χ0) is 16.2. The molecule has 1 atom stereocenters. The van der Waals surface area contributed by atoms with Crippen molar-refractivity contribution in [2.75, 3.05) is 6.54 Å². The Morgan fingerprint density at radius 1 is 1.30 bits per heavy atom. The molecule has 1 aliphatic rings. The first kappa shape index (κ1) is 15.6. The zero-order valence-corrected chi connectivity index (χ0v) is 13.2. The lowest BCUT2D eigenvalue weighted by Crippen LogP contribution is -2.45. The van der Waals surface area contributed by atoms with Crippen molar-refractivity contribution in [3.05, 3.63) is 41.2 Å². The number of nitrogens with zero attached hydrogens (tertiary/aromatic N) is 1. The molecule has 1 aromatic carbocycles. The highest BCUT2D eigenvalue weighted by Gasteiger charge is 2.23. The van der Waals surface area contributed by atoms with Gasteiger partial charge in [-0.2, -0.15) is 0 Å². The molecule has 0 spiro atoms. The molecule has 1 aliphatic heterocycles. The second kappa shape index (κ2) is 6.87. The van der Waals surface area contributed by atoms with Gasteiger partial charge in [0, 0.05) is 17.5 Å². The van der Waals surface area contributed by atoms with Crippen LogP contribution in [0.4, 0.5) is 4.39 Å². The fourth-order valence-electron chi connectivity index (χ4n) is 2.41. The van der Waals surface area contributed by atoms with E-state index in [0.29, 0.717) is 18.0 Å². The molecule has 0 aliphatic carbocycles. The highest BCUT2D eigenvalue weighted by Crippen LogP contribution is 2.24. The monoisotopic (exact) mass is 333 g/mol. The van der Waals surface area contributed by atoms with Crippen LogP contribution in [-0.4, -0.2) is 29.4 Å². The van der Waals surface area contributed by atoms with Crippen LogP contribution in [0.3, 0.4) is 0 Å². The van der Waals surface area contributed by atoms with E-state index in [2.05, 4.69) is 15.6 Å². The topological polar surface area (TPSA) is 71.1 Å². The summed E-state index contributed by atoms with van der Waals surface area (Å²) in [5, 5.41) is 7.79. The lowest BCUT2D eigenvalue weighted by atomic mass is 10.1. The lowest BCUT2D eigenvalue weighted by molar-refractivity contribution is -0.122. The van der Waals surface area contributed by atoms with E-state index in [1.807, 2.05) is 0 Å². The Bertz CT molecular complexity index is 714. The Hall–Kier alpha value is -2.28. The lowest BCUT2D eigenvalue weighted by Gasteiger charge is -2.14. The highest BCUT2D eigenvalue weighted by molar-refractivity contribution is 7.13. The first-order valence-electron chi connectivity index (χ1n) is 7.43. The van der Waals surface area contributed by atoms with Crippen molar-refractivity contribution < 1.29 is 14.0 Å². The Labute approximate surface area is 136 Å². The number of rotatable bonds is 3. The third-order valence-electron chi connectivity index (χ3n) is 3.67. The van der Waals surface area contributed by atoms with E-state index in [1.54, 1.807) is 17.5 Å². The highest BCUT2D eigenvalue weighted by atomic mass is 32.1. The predicted molar refractivity (Wildman–Crippen MR) is 85.6 cm³/mol. The Balaban J connectivity index is 1.70. The summed E-state index contributed by atoms with van der Waals surface area (Å²) in [4.78, 5) is 28.4. The molecule has 0 bridgehead atoms. The summed E-state index contributed by atoms with van der Waals surface area (Å²) < 4.78 is 12.9. The minimum absolute atomic E-state index is 0.148. The van der Waals surface area contributed by atoms with Gasteiger partial charge in [0.05, 0.1) is 0 Å². The van der Waals surface area contributed by atoms with Crippen LogP contribution >= 0.6 is 11.3 Å². The van der Waals surface area contributed by atoms with Crippen LogP contribution in [0.5, 0.6) is 0 Å². The van der Waals surface area contributed by atoms with Crippen LogP contribution < -0.4 is 10.6 Å². The maximum absolute atomic E-state index is 12.9. The van der Waals surface area contributed by atoms with Gasteiger partial charge in [0.15, 0.2) is 0 Å². The fourth-order valence-corrected chi connectivity index (χ4v) is 3.22. The number of aromatic nitrogens is 1. The minimum atomic E-state index is -0.513. The average Bonchev–Trinajstić information content (AvgIpc) is 2.95. The first-order valence-corrected chi connectivity index (χ1v) is 8.31. The van der Waals surface area contributed by atoms with Crippen molar-refractivity contribution >= 4 is 23.2 Å².